The number of ether oxygens (including phenoxy) is 4. The Morgan fingerprint density at radius 1 is 1.05 bits per heavy atom. The highest BCUT2D eigenvalue weighted by molar-refractivity contribution is 7.07. The van der Waals surface area contributed by atoms with Crippen LogP contribution in [0.1, 0.15) is 31.0 Å². The summed E-state index contributed by atoms with van der Waals surface area (Å²) in [6.07, 6.45) is 1.74. The Kier molecular flexibility index (Phi) is 7.91. The van der Waals surface area contributed by atoms with E-state index in [9.17, 15) is 9.59 Å². The van der Waals surface area contributed by atoms with E-state index >= 15 is 0 Å². The molecule has 1 atom stereocenters. The number of carbonyl (C=O) groups excluding carboxylic acids is 1. The van der Waals surface area contributed by atoms with Crippen LogP contribution in [-0.2, 0) is 9.53 Å². The number of hydrogen-bond acceptors (Lipinski definition) is 9. The Morgan fingerprint density at radius 3 is 2.32 bits per heavy atom. The van der Waals surface area contributed by atoms with Crippen molar-refractivity contribution in [3.05, 3.63) is 78.5 Å². The van der Waals surface area contributed by atoms with Crippen LogP contribution in [0, 0.1) is 0 Å². The van der Waals surface area contributed by atoms with Gasteiger partial charge in [-0.05, 0) is 49.8 Å². The number of hydrogen-bond donors (Lipinski definition) is 0. The lowest BCUT2D eigenvalue weighted by atomic mass is 9.95. The number of rotatable bonds is 8. The number of allylic oxidation sites excluding steroid dienone is 1. The summed E-state index contributed by atoms with van der Waals surface area (Å²) in [6, 6.07) is 10.6. The summed E-state index contributed by atoms with van der Waals surface area (Å²) in [6.45, 7) is 3.73. The van der Waals surface area contributed by atoms with Gasteiger partial charge in [0.25, 0.3) is 5.56 Å². The third-order valence-electron chi connectivity index (χ3n) is 6.26. The largest absolute Gasteiger partial charge is 0.493 e. The maximum Gasteiger partial charge on any atom is 0.338 e. The first kappa shape index (κ1) is 27.0. The SMILES string of the molecule is CCOC(=O)C1=C(C)N=c2sc(=Cc3ccc(OC)c(OC)c3OC)c(=O)n2C1c1ccc(N(C)C)cc1. The van der Waals surface area contributed by atoms with Crippen molar-refractivity contribution < 1.29 is 23.7 Å². The normalized spacial score (nSPS) is 15.0. The molecule has 0 saturated carbocycles. The van der Waals surface area contributed by atoms with Gasteiger partial charge in [-0.3, -0.25) is 9.36 Å². The average Bonchev–Trinajstić information content (AvgIpc) is 3.21. The number of thiazole rings is 1. The molecule has 0 saturated heterocycles. The van der Waals surface area contributed by atoms with Gasteiger partial charge in [0.2, 0.25) is 5.75 Å². The van der Waals surface area contributed by atoms with E-state index in [1.165, 1.54) is 25.6 Å². The minimum Gasteiger partial charge on any atom is -0.493 e. The topological polar surface area (TPSA) is 91.6 Å². The molecule has 0 spiro atoms. The molecule has 1 unspecified atom stereocenters. The second-order valence-electron chi connectivity index (χ2n) is 8.71. The molecule has 2 heterocycles. The summed E-state index contributed by atoms with van der Waals surface area (Å²) in [4.78, 5) is 34.1. The zero-order chi connectivity index (χ0) is 27.6. The molecule has 200 valence electrons. The molecule has 0 amide bonds. The van der Waals surface area contributed by atoms with Gasteiger partial charge in [-0.1, -0.05) is 23.5 Å². The highest BCUT2D eigenvalue weighted by atomic mass is 32.1. The minimum absolute atomic E-state index is 0.214. The standard InChI is InChI=1S/C28H31N3O6S/c1-8-37-27(33)22-16(2)29-28-31(23(22)17-9-12-19(13-10-17)30(3)4)26(32)21(38-28)15-18-11-14-20(34-5)25(36-7)24(18)35-6/h9-15,23H,8H2,1-7H3. The van der Waals surface area contributed by atoms with Crippen LogP contribution in [0.25, 0.3) is 6.08 Å². The molecule has 0 fully saturated rings. The van der Waals surface area contributed by atoms with E-state index in [-0.39, 0.29) is 12.2 Å². The molecular weight excluding hydrogens is 506 g/mol. The number of anilines is 1. The third-order valence-corrected chi connectivity index (χ3v) is 7.25. The van der Waals surface area contributed by atoms with Crippen LogP contribution in [0.5, 0.6) is 17.2 Å². The van der Waals surface area contributed by atoms with Crippen molar-refractivity contribution in [2.75, 3.05) is 46.9 Å². The number of esters is 1. The van der Waals surface area contributed by atoms with E-state index in [1.807, 2.05) is 43.3 Å². The summed E-state index contributed by atoms with van der Waals surface area (Å²) in [7, 11) is 8.51. The van der Waals surface area contributed by atoms with Crippen molar-refractivity contribution in [2.24, 2.45) is 4.99 Å². The van der Waals surface area contributed by atoms with Gasteiger partial charge in [0, 0.05) is 25.3 Å². The van der Waals surface area contributed by atoms with Gasteiger partial charge in [-0.25, -0.2) is 9.79 Å². The fourth-order valence-electron chi connectivity index (χ4n) is 4.44. The lowest BCUT2D eigenvalue weighted by molar-refractivity contribution is -0.139. The fourth-order valence-corrected chi connectivity index (χ4v) is 5.48. The number of fused-ring (bicyclic) bond motifs is 1. The number of benzene rings is 2. The Bertz CT molecular complexity index is 1570. The number of aromatic nitrogens is 1. The summed E-state index contributed by atoms with van der Waals surface area (Å²) in [5, 5.41) is 0. The molecule has 38 heavy (non-hydrogen) atoms. The summed E-state index contributed by atoms with van der Waals surface area (Å²) in [5.74, 6) is 0.887. The summed E-state index contributed by atoms with van der Waals surface area (Å²) >= 11 is 1.24. The Hall–Kier alpha value is -4.05. The van der Waals surface area contributed by atoms with Crippen LogP contribution in [-0.4, -0.2) is 52.6 Å². The van der Waals surface area contributed by atoms with Gasteiger partial charge >= 0.3 is 5.97 Å². The first-order chi connectivity index (χ1) is 18.2. The summed E-state index contributed by atoms with van der Waals surface area (Å²) in [5.41, 5.74) is 3.00. The molecule has 10 heteroatoms. The zero-order valence-corrected chi connectivity index (χ0v) is 23.3. The average molecular weight is 538 g/mol. The lowest BCUT2D eigenvalue weighted by Crippen LogP contribution is -2.40. The Labute approximate surface area is 224 Å². The smallest absolute Gasteiger partial charge is 0.338 e. The first-order valence-corrected chi connectivity index (χ1v) is 12.8. The van der Waals surface area contributed by atoms with E-state index in [0.717, 1.165) is 11.3 Å². The zero-order valence-electron chi connectivity index (χ0n) is 22.5. The molecule has 0 aliphatic carbocycles. The second kappa shape index (κ2) is 11.1. The number of nitrogens with zero attached hydrogens (tertiary/aromatic N) is 3. The van der Waals surface area contributed by atoms with Crippen molar-refractivity contribution >= 4 is 29.1 Å². The van der Waals surface area contributed by atoms with Gasteiger partial charge in [0.15, 0.2) is 16.3 Å². The van der Waals surface area contributed by atoms with Crippen molar-refractivity contribution in [1.82, 2.24) is 4.57 Å². The quantitative estimate of drug-likeness (QED) is 0.408. The molecular formula is C28H31N3O6S. The molecule has 2 aromatic carbocycles. The molecule has 0 bridgehead atoms. The van der Waals surface area contributed by atoms with E-state index in [2.05, 4.69) is 4.99 Å². The van der Waals surface area contributed by atoms with Crippen molar-refractivity contribution in [3.63, 3.8) is 0 Å². The van der Waals surface area contributed by atoms with Gasteiger partial charge in [-0.2, -0.15) is 0 Å². The summed E-state index contributed by atoms with van der Waals surface area (Å²) < 4.78 is 23.8. The maximum atomic E-state index is 13.9. The van der Waals surface area contributed by atoms with Crippen molar-refractivity contribution in [2.45, 2.75) is 19.9 Å². The molecule has 1 aromatic heterocycles. The van der Waals surface area contributed by atoms with Gasteiger partial charge in [0.05, 0.1) is 49.8 Å². The highest BCUT2D eigenvalue weighted by Crippen LogP contribution is 2.40. The van der Waals surface area contributed by atoms with Crippen LogP contribution in [0.2, 0.25) is 0 Å². The van der Waals surface area contributed by atoms with Crippen LogP contribution in [0.4, 0.5) is 5.69 Å². The molecule has 0 N–H and O–H groups in total. The molecule has 1 aliphatic rings. The van der Waals surface area contributed by atoms with Gasteiger partial charge in [-0.15, -0.1) is 0 Å². The fraction of sp³-hybridized carbons (Fsp3) is 0.321. The maximum absolute atomic E-state index is 13.9. The van der Waals surface area contributed by atoms with Crippen LogP contribution in [0.3, 0.4) is 0 Å². The van der Waals surface area contributed by atoms with E-state index in [0.29, 0.717) is 43.4 Å². The van der Waals surface area contributed by atoms with E-state index in [4.69, 9.17) is 18.9 Å². The molecule has 4 rings (SSSR count). The Morgan fingerprint density at radius 2 is 1.74 bits per heavy atom. The predicted octanol–water partition coefficient (Wildman–Crippen LogP) is 2.89. The van der Waals surface area contributed by atoms with Crippen molar-refractivity contribution in [1.29, 1.82) is 0 Å². The van der Waals surface area contributed by atoms with Crippen LogP contribution < -0.4 is 34.0 Å². The van der Waals surface area contributed by atoms with Gasteiger partial charge in [0.1, 0.15) is 0 Å². The molecule has 9 nitrogen and oxygen atoms in total. The predicted molar refractivity (Wildman–Crippen MR) is 147 cm³/mol. The monoisotopic (exact) mass is 537 g/mol. The molecule has 3 aromatic rings. The molecule has 0 radical (unpaired) electrons. The lowest BCUT2D eigenvalue weighted by Gasteiger charge is -2.25. The van der Waals surface area contributed by atoms with Gasteiger partial charge < -0.3 is 23.8 Å². The third kappa shape index (κ3) is 4.79. The first-order valence-electron chi connectivity index (χ1n) is 12.0. The minimum atomic E-state index is -0.684. The van der Waals surface area contributed by atoms with E-state index < -0.39 is 12.0 Å². The van der Waals surface area contributed by atoms with E-state index in [1.54, 1.807) is 43.7 Å². The molecule has 1 aliphatic heterocycles. The Balaban J connectivity index is 1.95. The van der Waals surface area contributed by atoms with Crippen LogP contribution >= 0.6 is 11.3 Å². The highest BCUT2D eigenvalue weighted by Gasteiger charge is 2.33. The number of methoxy groups -OCH3 is 3. The van der Waals surface area contributed by atoms with Crippen molar-refractivity contribution in [3.8, 4) is 17.2 Å². The second-order valence-corrected chi connectivity index (χ2v) is 9.72. The number of carbonyl (C=O) groups is 1. The van der Waals surface area contributed by atoms with Crippen LogP contribution in [0.15, 0.2) is 57.5 Å².